The Kier molecular flexibility index (Phi) is 6.82. The fourth-order valence-corrected chi connectivity index (χ4v) is 3.75. The highest BCUT2D eigenvalue weighted by atomic mass is 28.4. The molecule has 112 valence electrons. The van der Waals surface area contributed by atoms with Crippen molar-refractivity contribution in [2.45, 2.75) is 96.4 Å². The minimum absolute atomic E-state index is 0.322. The maximum Gasteiger partial charge on any atom is 0.192 e. The van der Waals surface area contributed by atoms with E-state index in [2.05, 4.69) is 46.0 Å². The average molecular weight is 283 g/mol. The zero-order valence-corrected chi connectivity index (χ0v) is 14.8. The molecule has 1 unspecified atom stereocenters. The quantitative estimate of drug-likeness (QED) is 0.441. The van der Waals surface area contributed by atoms with E-state index >= 15 is 0 Å². The molecule has 0 spiro atoms. The van der Waals surface area contributed by atoms with E-state index in [9.17, 15) is 0 Å². The van der Waals surface area contributed by atoms with Crippen LogP contribution in [-0.2, 0) is 4.43 Å². The molecule has 1 rings (SSSR count). The molecule has 0 saturated heterocycles. The maximum absolute atomic E-state index is 6.60. The predicted octanol–water partition coefficient (Wildman–Crippen LogP) is 6.07. The first kappa shape index (κ1) is 17.0. The fourth-order valence-electron chi connectivity index (χ4n) is 2.35. The molecule has 0 radical (unpaired) electrons. The largest absolute Gasteiger partial charge is 0.414 e. The fraction of sp³-hybridized carbons (Fsp3) is 0.882. The van der Waals surface area contributed by atoms with Crippen LogP contribution >= 0.6 is 0 Å². The van der Waals surface area contributed by atoms with Gasteiger partial charge in [-0.25, -0.2) is 0 Å². The lowest BCUT2D eigenvalue weighted by Gasteiger charge is -2.39. The van der Waals surface area contributed by atoms with Gasteiger partial charge in [-0.1, -0.05) is 58.6 Å². The van der Waals surface area contributed by atoms with Crippen LogP contribution < -0.4 is 0 Å². The summed E-state index contributed by atoms with van der Waals surface area (Å²) in [6.45, 7) is 11.8. The topological polar surface area (TPSA) is 9.23 Å². The molecule has 0 bridgehead atoms. The first-order chi connectivity index (χ1) is 8.83. The lowest BCUT2D eigenvalue weighted by molar-refractivity contribution is 0.170. The molecular weight excluding hydrogens is 248 g/mol. The van der Waals surface area contributed by atoms with Crippen molar-refractivity contribution in [3.63, 3.8) is 0 Å². The van der Waals surface area contributed by atoms with Crippen molar-refractivity contribution in [1.82, 2.24) is 0 Å². The Morgan fingerprint density at radius 2 is 1.58 bits per heavy atom. The van der Waals surface area contributed by atoms with Gasteiger partial charge >= 0.3 is 0 Å². The molecule has 0 aromatic carbocycles. The lowest BCUT2D eigenvalue weighted by atomic mass is 10.1. The van der Waals surface area contributed by atoms with Gasteiger partial charge in [-0.05, 0) is 43.8 Å². The van der Waals surface area contributed by atoms with Crippen molar-refractivity contribution in [3.8, 4) is 0 Å². The molecule has 0 fully saturated rings. The summed E-state index contributed by atoms with van der Waals surface area (Å²) in [5.41, 5.74) is 0. The van der Waals surface area contributed by atoms with Crippen LogP contribution in [0.3, 0.4) is 0 Å². The minimum Gasteiger partial charge on any atom is -0.414 e. The molecule has 2 heteroatoms. The standard InChI is InChI=1S/C17H34OSi/c1-17(2,3)19(4,5)18-16-14-12-10-8-6-7-9-11-13-15-16/h10,12,16H,6-9,11,13-15H2,1-5H3. The normalized spacial score (nSPS) is 23.9. The highest BCUT2D eigenvalue weighted by Crippen LogP contribution is 2.38. The Hall–Kier alpha value is -0.0831. The predicted molar refractivity (Wildman–Crippen MR) is 88.1 cm³/mol. The van der Waals surface area contributed by atoms with Crippen molar-refractivity contribution in [2.75, 3.05) is 0 Å². The average Bonchev–Trinajstić information content (AvgIpc) is 2.33. The summed E-state index contributed by atoms with van der Waals surface area (Å²) in [5.74, 6) is 0. The highest BCUT2D eigenvalue weighted by Gasteiger charge is 2.38. The van der Waals surface area contributed by atoms with Crippen molar-refractivity contribution in [2.24, 2.45) is 0 Å². The van der Waals surface area contributed by atoms with Gasteiger partial charge in [0, 0.05) is 6.10 Å². The monoisotopic (exact) mass is 282 g/mol. The third-order valence-electron chi connectivity index (χ3n) is 4.73. The van der Waals surface area contributed by atoms with E-state index in [1.54, 1.807) is 0 Å². The van der Waals surface area contributed by atoms with E-state index in [0.29, 0.717) is 11.1 Å². The summed E-state index contributed by atoms with van der Waals surface area (Å²) >= 11 is 0. The Balaban J connectivity index is 2.58. The van der Waals surface area contributed by atoms with Crippen molar-refractivity contribution >= 4 is 8.32 Å². The summed E-state index contributed by atoms with van der Waals surface area (Å²) in [6, 6.07) is 0. The lowest BCUT2D eigenvalue weighted by Crippen LogP contribution is -2.43. The van der Waals surface area contributed by atoms with E-state index in [-0.39, 0.29) is 0 Å². The molecule has 1 atom stereocenters. The van der Waals surface area contributed by atoms with Crippen LogP contribution in [0.5, 0.6) is 0 Å². The second-order valence-electron chi connectivity index (χ2n) is 7.55. The van der Waals surface area contributed by atoms with E-state index in [1.165, 1.54) is 44.9 Å². The van der Waals surface area contributed by atoms with Crippen LogP contribution in [0, 0.1) is 0 Å². The summed E-state index contributed by atoms with van der Waals surface area (Å²) in [7, 11) is -1.61. The van der Waals surface area contributed by atoms with Crippen molar-refractivity contribution in [1.29, 1.82) is 0 Å². The Bertz CT molecular complexity index is 275. The molecule has 1 nitrogen and oxygen atoms in total. The summed E-state index contributed by atoms with van der Waals surface area (Å²) in [5, 5.41) is 0.322. The maximum atomic E-state index is 6.60. The zero-order valence-electron chi connectivity index (χ0n) is 13.8. The van der Waals surface area contributed by atoms with Crippen LogP contribution in [-0.4, -0.2) is 14.4 Å². The van der Waals surface area contributed by atoms with Gasteiger partial charge in [0.2, 0.25) is 0 Å². The first-order valence-corrected chi connectivity index (χ1v) is 11.1. The van der Waals surface area contributed by atoms with Crippen LogP contribution in [0.25, 0.3) is 0 Å². The van der Waals surface area contributed by atoms with Crippen LogP contribution in [0.2, 0.25) is 18.1 Å². The highest BCUT2D eigenvalue weighted by molar-refractivity contribution is 6.74. The molecule has 0 heterocycles. The number of hydrogen-bond donors (Lipinski definition) is 0. The Labute approximate surface area is 122 Å². The summed E-state index contributed by atoms with van der Waals surface area (Å²) in [4.78, 5) is 0. The van der Waals surface area contributed by atoms with Crippen LogP contribution in [0.15, 0.2) is 12.2 Å². The van der Waals surface area contributed by atoms with Crippen molar-refractivity contribution in [3.05, 3.63) is 12.2 Å². The molecule has 1 aliphatic rings. The molecule has 0 N–H and O–H groups in total. The van der Waals surface area contributed by atoms with Crippen molar-refractivity contribution < 1.29 is 4.43 Å². The Morgan fingerprint density at radius 1 is 0.947 bits per heavy atom. The smallest absolute Gasteiger partial charge is 0.192 e. The van der Waals surface area contributed by atoms with Gasteiger partial charge in [0.05, 0.1) is 0 Å². The molecule has 0 aliphatic heterocycles. The van der Waals surface area contributed by atoms with Gasteiger partial charge < -0.3 is 4.43 Å². The number of rotatable bonds is 2. The van der Waals surface area contributed by atoms with E-state index in [1.807, 2.05) is 0 Å². The summed E-state index contributed by atoms with van der Waals surface area (Å²) < 4.78 is 6.60. The first-order valence-electron chi connectivity index (χ1n) is 8.16. The molecule has 19 heavy (non-hydrogen) atoms. The van der Waals surface area contributed by atoms with E-state index < -0.39 is 8.32 Å². The third kappa shape index (κ3) is 6.27. The zero-order chi connectivity index (χ0) is 14.4. The summed E-state index contributed by atoms with van der Waals surface area (Å²) in [6.07, 6.45) is 15.7. The van der Waals surface area contributed by atoms with Gasteiger partial charge in [0.1, 0.15) is 0 Å². The molecule has 0 saturated carbocycles. The SMILES string of the molecule is CC(C)(C)[Si](C)(C)OC1CC=CCCCCCCC1. The minimum atomic E-state index is -1.61. The molecule has 1 aliphatic carbocycles. The Morgan fingerprint density at radius 3 is 2.26 bits per heavy atom. The second-order valence-corrected chi connectivity index (χ2v) is 12.3. The van der Waals surface area contributed by atoms with E-state index in [4.69, 9.17) is 4.43 Å². The van der Waals surface area contributed by atoms with Gasteiger partial charge in [-0.3, -0.25) is 0 Å². The van der Waals surface area contributed by atoms with Gasteiger partial charge in [0.25, 0.3) is 0 Å². The van der Waals surface area contributed by atoms with Crippen LogP contribution in [0.4, 0.5) is 0 Å². The molecule has 0 aromatic rings. The third-order valence-corrected chi connectivity index (χ3v) is 9.26. The van der Waals surface area contributed by atoms with Gasteiger partial charge in [-0.2, -0.15) is 0 Å². The van der Waals surface area contributed by atoms with Gasteiger partial charge in [0.15, 0.2) is 8.32 Å². The van der Waals surface area contributed by atoms with Crippen LogP contribution in [0.1, 0.15) is 72.1 Å². The molecular formula is C17H34OSi. The number of allylic oxidation sites excluding steroid dienone is 1. The molecule has 0 amide bonds. The number of hydrogen-bond acceptors (Lipinski definition) is 1. The van der Waals surface area contributed by atoms with E-state index in [0.717, 1.165) is 6.42 Å². The van der Waals surface area contributed by atoms with Gasteiger partial charge in [-0.15, -0.1) is 0 Å². The molecule has 0 aromatic heterocycles. The second kappa shape index (κ2) is 7.63.